The van der Waals surface area contributed by atoms with Crippen LogP contribution in [0.3, 0.4) is 0 Å². The molecule has 0 unspecified atom stereocenters. The van der Waals surface area contributed by atoms with Gasteiger partial charge >= 0.3 is 5.97 Å². The molecule has 1 aliphatic rings. The van der Waals surface area contributed by atoms with Crippen LogP contribution in [0, 0.1) is 0 Å². The molecule has 5 nitrogen and oxygen atoms in total. The van der Waals surface area contributed by atoms with Gasteiger partial charge in [-0.1, -0.05) is 0 Å². The van der Waals surface area contributed by atoms with E-state index in [9.17, 15) is 9.59 Å². The summed E-state index contributed by atoms with van der Waals surface area (Å²) in [6.45, 7) is 0.298. The van der Waals surface area contributed by atoms with Crippen molar-refractivity contribution >= 4 is 11.8 Å². The van der Waals surface area contributed by atoms with Crippen molar-refractivity contribution < 1.29 is 23.8 Å². The zero-order valence-electron chi connectivity index (χ0n) is 9.61. The largest absolute Gasteiger partial charge is 0.493 e. The van der Waals surface area contributed by atoms with Crippen molar-refractivity contribution in [3.8, 4) is 11.5 Å². The molecule has 1 heterocycles. The van der Waals surface area contributed by atoms with Crippen LogP contribution in [0.2, 0.25) is 0 Å². The molecule has 2 rings (SSSR count). The van der Waals surface area contributed by atoms with Gasteiger partial charge in [-0.15, -0.1) is 0 Å². The molecular formula is C12H12O5. The topological polar surface area (TPSA) is 61.8 Å². The SMILES string of the molecule is COC(=O)c1ccc(OC)c2c1C(=O)CCO2. The Labute approximate surface area is 98.3 Å². The summed E-state index contributed by atoms with van der Waals surface area (Å²) in [5, 5.41) is 0. The average molecular weight is 236 g/mol. The molecule has 90 valence electrons. The Morgan fingerprint density at radius 1 is 1.35 bits per heavy atom. The van der Waals surface area contributed by atoms with E-state index in [1.54, 1.807) is 6.07 Å². The lowest BCUT2D eigenvalue weighted by molar-refractivity contribution is 0.0594. The third-order valence-corrected chi connectivity index (χ3v) is 2.60. The van der Waals surface area contributed by atoms with Gasteiger partial charge in [0.25, 0.3) is 0 Å². The first-order chi connectivity index (χ1) is 8.19. The molecule has 0 aromatic heterocycles. The molecule has 0 fully saturated rings. The lowest BCUT2D eigenvalue weighted by atomic mass is 9.98. The first-order valence-electron chi connectivity index (χ1n) is 5.14. The number of methoxy groups -OCH3 is 2. The molecule has 1 aromatic carbocycles. The highest BCUT2D eigenvalue weighted by atomic mass is 16.5. The molecule has 0 aliphatic carbocycles. The minimum absolute atomic E-state index is 0.134. The number of carbonyl (C=O) groups excluding carboxylic acids is 2. The van der Waals surface area contributed by atoms with E-state index in [-0.39, 0.29) is 23.3 Å². The van der Waals surface area contributed by atoms with E-state index in [1.165, 1.54) is 20.3 Å². The highest BCUT2D eigenvalue weighted by Gasteiger charge is 2.28. The first kappa shape index (κ1) is 11.4. The highest BCUT2D eigenvalue weighted by molar-refractivity contribution is 6.09. The number of rotatable bonds is 2. The Kier molecular flexibility index (Phi) is 2.99. The summed E-state index contributed by atoms with van der Waals surface area (Å²) in [6.07, 6.45) is 0.254. The Bertz CT molecular complexity index is 478. The number of ketones is 1. The molecule has 1 aromatic rings. The maximum absolute atomic E-state index is 11.9. The normalized spacial score (nSPS) is 13.6. The Hall–Kier alpha value is -2.04. The van der Waals surface area contributed by atoms with Crippen LogP contribution in [-0.2, 0) is 4.74 Å². The number of ether oxygens (including phenoxy) is 3. The first-order valence-corrected chi connectivity index (χ1v) is 5.14. The summed E-state index contributed by atoms with van der Waals surface area (Å²) in [7, 11) is 2.75. The molecule has 17 heavy (non-hydrogen) atoms. The molecule has 0 amide bonds. The van der Waals surface area contributed by atoms with E-state index >= 15 is 0 Å². The number of carbonyl (C=O) groups is 2. The van der Waals surface area contributed by atoms with Crippen molar-refractivity contribution in [3.05, 3.63) is 23.3 Å². The van der Waals surface area contributed by atoms with E-state index in [0.717, 1.165) is 0 Å². The fourth-order valence-electron chi connectivity index (χ4n) is 1.80. The number of hydrogen-bond donors (Lipinski definition) is 0. The zero-order valence-corrected chi connectivity index (χ0v) is 9.61. The smallest absolute Gasteiger partial charge is 0.338 e. The predicted molar refractivity (Wildman–Crippen MR) is 58.8 cm³/mol. The molecule has 0 spiro atoms. The van der Waals surface area contributed by atoms with Crippen LogP contribution in [0.15, 0.2) is 12.1 Å². The number of benzene rings is 1. The molecule has 0 radical (unpaired) electrons. The summed E-state index contributed by atoms with van der Waals surface area (Å²) in [5.74, 6) is 0.0839. The van der Waals surface area contributed by atoms with Crippen molar-refractivity contribution in [1.29, 1.82) is 0 Å². The molecule has 0 N–H and O–H groups in total. The van der Waals surface area contributed by atoms with Gasteiger partial charge in [-0.05, 0) is 12.1 Å². The fraction of sp³-hybridized carbons (Fsp3) is 0.333. The molecule has 5 heteroatoms. The van der Waals surface area contributed by atoms with Gasteiger partial charge in [-0.3, -0.25) is 4.79 Å². The standard InChI is InChI=1S/C12H12O5/c1-15-9-4-3-7(12(14)16-2)10-8(13)5-6-17-11(9)10/h3-4H,5-6H2,1-2H3. The van der Waals surface area contributed by atoms with Gasteiger partial charge in [-0.25, -0.2) is 4.79 Å². The second-order valence-corrected chi connectivity index (χ2v) is 3.53. The highest BCUT2D eigenvalue weighted by Crippen LogP contribution is 2.37. The number of Topliss-reactive ketones (excluding diaryl/α,β-unsaturated/α-hetero) is 1. The Morgan fingerprint density at radius 3 is 2.76 bits per heavy atom. The maximum atomic E-state index is 11.9. The molecule has 0 saturated heterocycles. The fourth-order valence-corrected chi connectivity index (χ4v) is 1.80. The van der Waals surface area contributed by atoms with Crippen LogP contribution in [-0.4, -0.2) is 32.6 Å². The van der Waals surface area contributed by atoms with E-state index in [1.807, 2.05) is 0 Å². The zero-order chi connectivity index (χ0) is 12.4. The van der Waals surface area contributed by atoms with Crippen molar-refractivity contribution in [2.24, 2.45) is 0 Å². The molecule has 1 aliphatic heterocycles. The van der Waals surface area contributed by atoms with Gasteiger partial charge < -0.3 is 14.2 Å². The Morgan fingerprint density at radius 2 is 2.12 bits per heavy atom. The Balaban J connectivity index is 2.63. The number of fused-ring (bicyclic) bond motifs is 1. The molecule has 0 atom stereocenters. The van der Waals surface area contributed by atoms with E-state index < -0.39 is 5.97 Å². The minimum atomic E-state index is -0.553. The third kappa shape index (κ3) is 1.84. The lowest BCUT2D eigenvalue weighted by Crippen LogP contribution is -2.20. The van der Waals surface area contributed by atoms with Gasteiger partial charge in [0.2, 0.25) is 0 Å². The number of hydrogen-bond acceptors (Lipinski definition) is 5. The molecule has 0 bridgehead atoms. The van der Waals surface area contributed by atoms with Crippen LogP contribution >= 0.6 is 0 Å². The molecule has 0 saturated carbocycles. The van der Waals surface area contributed by atoms with Crippen LogP contribution in [0.5, 0.6) is 11.5 Å². The summed E-state index contributed by atoms with van der Waals surface area (Å²) in [6, 6.07) is 3.10. The predicted octanol–water partition coefficient (Wildman–Crippen LogP) is 1.45. The van der Waals surface area contributed by atoms with E-state index in [4.69, 9.17) is 9.47 Å². The van der Waals surface area contributed by atoms with Gasteiger partial charge in [0.15, 0.2) is 17.3 Å². The minimum Gasteiger partial charge on any atom is -0.493 e. The maximum Gasteiger partial charge on any atom is 0.338 e. The van der Waals surface area contributed by atoms with Gasteiger partial charge in [0, 0.05) is 6.42 Å². The second-order valence-electron chi connectivity index (χ2n) is 3.53. The summed E-state index contributed by atoms with van der Waals surface area (Å²) in [5.41, 5.74) is 0.468. The second kappa shape index (κ2) is 4.45. The van der Waals surface area contributed by atoms with Crippen LogP contribution in [0.25, 0.3) is 0 Å². The summed E-state index contributed by atoms with van der Waals surface area (Å²) in [4.78, 5) is 23.4. The van der Waals surface area contributed by atoms with E-state index in [2.05, 4.69) is 4.74 Å². The number of esters is 1. The summed E-state index contributed by atoms with van der Waals surface area (Å²) < 4.78 is 15.1. The van der Waals surface area contributed by atoms with Crippen LogP contribution in [0.4, 0.5) is 0 Å². The van der Waals surface area contributed by atoms with Crippen LogP contribution in [0.1, 0.15) is 27.1 Å². The van der Waals surface area contributed by atoms with E-state index in [0.29, 0.717) is 18.1 Å². The monoisotopic (exact) mass is 236 g/mol. The van der Waals surface area contributed by atoms with Gasteiger partial charge in [-0.2, -0.15) is 0 Å². The van der Waals surface area contributed by atoms with Crippen molar-refractivity contribution in [2.45, 2.75) is 6.42 Å². The lowest BCUT2D eigenvalue weighted by Gasteiger charge is -2.20. The average Bonchev–Trinajstić information content (AvgIpc) is 2.37. The van der Waals surface area contributed by atoms with Crippen molar-refractivity contribution in [3.63, 3.8) is 0 Å². The van der Waals surface area contributed by atoms with Crippen molar-refractivity contribution in [1.82, 2.24) is 0 Å². The quantitative estimate of drug-likeness (QED) is 0.727. The molecular weight excluding hydrogens is 224 g/mol. The van der Waals surface area contributed by atoms with Gasteiger partial charge in [0.1, 0.15) is 0 Å². The summed E-state index contributed by atoms with van der Waals surface area (Å²) >= 11 is 0. The van der Waals surface area contributed by atoms with Crippen LogP contribution < -0.4 is 9.47 Å². The van der Waals surface area contributed by atoms with Crippen molar-refractivity contribution in [2.75, 3.05) is 20.8 Å². The third-order valence-electron chi connectivity index (χ3n) is 2.60. The van der Waals surface area contributed by atoms with Gasteiger partial charge in [0.05, 0.1) is 32.0 Å².